The van der Waals surface area contributed by atoms with Crippen molar-refractivity contribution < 1.29 is 18.0 Å². The molecule has 0 unspecified atom stereocenters. The van der Waals surface area contributed by atoms with Crippen LogP contribution >= 0.6 is 22.9 Å². The van der Waals surface area contributed by atoms with Crippen molar-refractivity contribution in [2.45, 2.75) is 12.8 Å². The summed E-state index contributed by atoms with van der Waals surface area (Å²) in [4.78, 5) is 28.3. The van der Waals surface area contributed by atoms with Gasteiger partial charge in [0.25, 0.3) is 5.91 Å². The van der Waals surface area contributed by atoms with E-state index in [9.17, 15) is 18.0 Å². The van der Waals surface area contributed by atoms with Crippen molar-refractivity contribution in [3.05, 3.63) is 45.4 Å². The summed E-state index contributed by atoms with van der Waals surface area (Å²) in [5.74, 6) is -1.19. The van der Waals surface area contributed by atoms with Crippen LogP contribution in [0.5, 0.6) is 0 Å². The first kappa shape index (κ1) is 17.8. The highest BCUT2D eigenvalue weighted by atomic mass is 35.5. The van der Waals surface area contributed by atoms with Gasteiger partial charge in [0.15, 0.2) is 0 Å². The summed E-state index contributed by atoms with van der Waals surface area (Å²) in [6, 6.07) is 4.14. The minimum Gasteiger partial charge on any atom is -0.352 e. The monoisotopic (exact) mass is 399 g/mol. The zero-order valence-electron chi connectivity index (χ0n) is 12.9. The summed E-state index contributed by atoms with van der Waals surface area (Å²) in [7, 11) is -3.69. The zero-order chi connectivity index (χ0) is 18.0. The minimum absolute atomic E-state index is 0.0693. The second-order valence-corrected chi connectivity index (χ2v) is 8.44. The van der Waals surface area contributed by atoms with Gasteiger partial charge in [0.2, 0.25) is 15.9 Å². The van der Waals surface area contributed by atoms with Gasteiger partial charge in [-0.2, -0.15) is 0 Å². The Morgan fingerprint density at radius 1 is 1.40 bits per heavy atom. The molecule has 132 valence electrons. The predicted octanol–water partition coefficient (Wildman–Crippen LogP) is 1.84. The van der Waals surface area contributed by atoms with Crippen molar-refractivity contribution >= 4 is 50.5 Å². The molecule has 1 aromatic heterocycles. The van der Waals surface area contributed by atoms with E-state index in [-0.39, 0.29) is 28.4 Å². The number of hydrogen-bond donors (Lipinski definition) is 1. The first-order valence-electron chi connectivity index (χ1n) is 7.39. The molecule has 2 aromatic rings. The molecule has 10 heteroatoms. The molecule has 7 nitrogen and oxygen atoms in total. The molecule has 0 saturated carbocycles. The minimum atomic E-state index is -3.69. The Morgan fingerprint density at radius 3 is 2.84 bits per heavy atom. The quantitative estimate of drug-likeness (QED) is 0.827. The van der Waals surface area contributed by atoms with Gasteiger partial charge in [0.05, 0.1) is 33.2 Å². The summed E-state index contributed by atoms with van der Waals surface area (Å²) >= 11 is 7.53. The van der Waals surface area contributed by atoms with Crippen LogP contribution in [0.1, 0.15) is 22.5 Å². The van der Waals surface area contributed by atoms with Crippen molar-refractivity contribution in [2.75, 3.05) is 16.6 Å². The first-order valence-corrected chi connectivity index (χ1v) is 10.3. The summed E-state index contributed by atoms with van der Waals surface area (Å²) < 4.78 is 24.7. The van der Waals surface area contributed by atoms with Gasteiger partial charge in [0, 0.05) is 24.8 Å². The standard InChI is InChI=1S/C15H14ClN3O4S2/c16-13-2-1-11(19-14(20)4-6-25(19,22)23)7-12(13)15(21)17-5-3-10-8-24-9-18-10/h1-2,7-9H,3-6H2,(H,17,21). The highest BCUT2D eigenvalue weighted by Crippen LogP contribution is 2.29. The molecule has 1 aliphatic rings. The summed E-state index contributed by atoms with van der Waals surface area (Å²) in [5, 5.41) is 4.79. The molecule has 1 aromatic carbocycles. The molecule has 1 N–H and O–H groups in total. The van der Waals surface area contributed by atoms with E-state index in [4.69, 9.17) is 11.6 Å². The van der Waals surface area contributed by atoms with Gasteiger partial charge in [-0.3, -0.25) is 9.59 Å². The molecule has 0 radical (unpaired) electrons. The lowest BCUT2D eigenvalue weighted by atomic mass is 10.1. The van der Waals surface area contributed by atoms with Gasteiger partial charge in [0.1, 0.15) is 0 Å². The highest BCUT2D eigenvalue weighted by Gasteiger charge is 2.36. The number of anilines is 1. The average Bonchev–Trinajstić information content (AvgIpc) is 3.16. The molecule has 0 spiro atoms. The fourth-order valence-electron chi connectivity index (χ4n) is 2.44. The van der Waals surface area contributed by atoms with Crippen molar-refractivity contribution in [3.63, 3.8) is 0 Å². The Hall–Kier alpha value is -1.97. The Morgan fingerprint density at radius 2 is 2.20 bits per heavy atom. The van der Waals surface area contributed by atoms with Crippen LogP contribution in [-0.2, 0) is 21.2 Å². The van der Waals surface area contributed by atoms with Crippen LogP contribution in [0.2, 0.25) is 5.02 Å². The molecule has 2 heterocycles. The predicted molar refractivity (Wildman–Crippen MR) is 95.5 cm³/mol. The van der Waals surface area contributed by atoms with Gasteiger partial charge in [-0.25, -0.2) is 17.7 Å². The normalized spacial score (nSPS) is 16.2. The number of amides is 2. The largest absolute Gasteiger partial charge is 0.352 e. The molecule has 1 fully saturated rings. The van der Waals surface area contributed by atoms with Crippen LogP contribution in [-0.4, -0.2) is 37.5 Å². The van der Waals surface area contributed by atoms with Crippen molar-refractivity contribution in [1.82, 2.24) is 10.3 Å². The molecular weight excluding hydrogens is 386 g/mol. The van der Waals surface area contributed by atoms with Crippen LogP contribution < -0.4 is 9.62 Å². The molecule has 25 heavy (non-hydrogen) atoms. The van der Waals surface area contributed by atoms with Crippen LogP contribution in [0.25, 0.3) is 0 Å². The third-order valence-electron chi connectivity index (χ3n) is 3.66. The molecule has 2 amide bonds. The smallest absolute Gasteiger partial charge is 0.252 e. The lowest BCUT2D eigenvalue weighted by Gasteiger charge is -2.16. The van der Waals surface area contributed by atoms with Crippen molar-refractivity contribution in [2.24, 2.45) is 0 Å². The topological polar surface area (TPSA) is 96.4 Å². The third-order valence-corrected chi connectivity index (χ3v) is 6.31. The summed E-state index contributed by atoms with van der Waals surface area (Å²) in [6.07, 6.45) is 0.506. The average molecular weight is 400 g/mol. The van der Waals surface area contributed by atoms with E-state index in [1.807, 2.05) is 5.38 Å². The number of carbonyl (C=O) groups is 2. The number of nitrogens with zero attached hydrogens (tertiary/aromatic N) is 2. The van der Waals surface area contributed by atoms with Gasteiger partial charge in [-0.05, 0) is 18.2 Å². The maximum atomic E-state index is 12.3. The van der Waals surface area contributed by atoms with E-state index in [2.05, 4.69) is 10.3 Å². The lowest BCUT2D eigenvalue weighted by Crippen LogP contribution is -2.30. The lowest BCUT2D eigenvalue weighted by molar-refractivity contribution is -0.116. The Bertz CT molecular complexity index is 913. The van der Waals surface area contributed by atoms with E-state index in [1.54, 1.807) is 5.51 Å². The summed E-state index contributed by atoms with van der Waals surface area (Å²) in [6.45, 7) is 0.365. The van der Waals surface area contributed by atoms with E-state index in [1.165, 1.54) is 29.5 Å². The van der Waals surface area contributed by atoms with Gasteiger partial charge >= 0.3 is 0 Å². The molecule has 0 bridgehead atoms. The van der Waals surface area contributed by atoms with Crippen LogP contribution in [0.15, 0.2) is 29.1 Å². The Labute approximate surface area is 153 Å². The Kier molecular flexibility index (Phi) is 5.07. The fourth-order valence-corrected chi connectivity index (χ4v) is 4.69. The number of hydrogen-bond acceptors (Lipinski definition) is 6. The maximum Gasteiger partial charge on any atom is 0.252 e. The van der Waals surface area contributed by atoms with Crippen LogP contribution in [0.4, 0.5) is 5.69 Å². The first-order chi connectivity index (χ1) is 11.9. The van der Waals surface area contributed by atoms with Crippen LogP contribution in [0.3, 0.4) is 0 Å². The number of nitrogens with one attached hydrogen (secondary N) is 1. The molecule has 1 saturated heterocycles. The van der Waals surface area contributed by atoms with Crippen LogP contribution in [0, 0.1) is 0 Å². The molecule has 0 atom stereocenters. The van der Waals surface area contributed by atoms with E-state index < -0.39 is 21.8 Å². The highest BCUT2D eigenvalue weighted by molar-refractivity contribution is 7.94. The third kappa shape index (κ3) is 3.83. The second kappa shape index (κ2) is 7.11. The van der Waals surface area contributed by atoms with Crippen molar-refractivity contribution in [1.29, 1.82) is 0 Å². The van der Waals surface area contributed by atoms with E-state index in [0.717, 1.165) is 10.00 Å². The number of carbonyl (C=O) groups excluding carboxylic acids is 2. The van der Waals surface area contributed by atoms with Gasteiger partial charge in [-0.1, -0.05) is 11.6 Å². The summed E-state index contributed by atoms with van der Waals surface area (Å²) in [5.41, 5.74) is 2.83. The second-order valence-electron chi connectivity index (χ2n) is 5.37. The number of sulfonamides is 1. The van der Waals surface area contributed by atoms with Gasteiger partial charge < -0.3 is 5.32 Å². The molecule has 0 aliphatic carbocycles. The number of halogens is 1. The molecule has 3 rings (SSSR count). The van der Waals surface area contributed by atoms with E-state index >= 15 is 0 Å². The van der Waals surface area contributed by atoms with Crippen molar-refractivity contribution in [3.8, 4) is 0 Å². The fraction of sp³-hybridized carbons (Fsp3) is 0.267. The van der Waals surface area contributed by atoms with Gasteiger partial charge in [-0.15, -0.1) is 11.3 Å². The van der Waals surface area contributed by atoms with E-state index in [0.29, 0.717) is 13.0 Å². The zero-order valence-corrected chi connectivity index (χ0v) is 15.3. The number of thiazole rings is 1. The maximum absolute atomic E-state index is 12.3. The Balaban J connectivity index is 1.77. The SMILES string of the molecule is O=C(NCCc1cscn1)c1cc(N2C(=O)CCS2(=O)=O)ccc1Cl. The number of benzene rings is 1. The molecular formula is C15H14ClN3O4S2. The number of aromatic nitrogens is 1. The molecule has 1 aliphatic heterocycles. The number of rotatable bonds is 5.